The normalized spacial score (nSPS) is 21.3. The Balaban J connectivity index is 1.81. The van der Waals surface area contributed by atoms with Crippen LogP contribution >= 0.6 is 11.3 Å². The van der Waals surface area contributed by atoms with Crippen LogP contribution < -0.4 is 5.32 Å². The van der Waals surface area contributed by atoms with Crippen molar-refractivity contribution in [2.75, 3.05) is 13.1 Å². The number of nitrogens with zero attached hydrogens (tertiary/aromatic N) is 1. The van der Waals surface area contributed by atoms with Crippen molar-refractivity contribution in [3.8, 4) is 0 Å². The van der Waals surface area contributed by atoms with Crippen LogP contribution in [-0.2, 0) is 9.59 Å². The number of hydrogen-bond donors (Lipinski definition) is 3. The molecular weight excluding hydrogens is 296 g/mol. The minimum atomic E-state index is -1.12. The van der Waals surface area contributed by atoms with Gasteiger partial charge in [0, 0.05) is 25.9 Å². The number of amides is 2. The van der Waals surface area contributed by atoms with Crippen LogP contribution in [0, 0.1) is 0 Å². The van der Waals surface area contributed by atoms with E-state index in [4.69, 9.17) is 5.11 Å². The third kappa shape index (κ3) is 3.79. The van der Waals surface area contributed by atoms with Crippen LogP contribution in [0.4, 0.5) is 0 Å². The van der Waals surface area contributed by atoms with Crippen molar-refractivity contribution in [2.45, 2.75) is 25.0 Å². The van der Waals surface area contributed by atoms with Gasteiger partial charge in [-0.1, -0.05) is 6.07 Å². The van der Waals surface area contributed by atoms with Gasteiger partial charge in [-0.3, -0.25) is 9.59 Å². The molecule has 21 heavy (non-hydrogen) atoms. The lowest BCUT2D eigenvalue weighted by Gasteiger charge is -2.21. The minimum Gasteiger partial charge on any atom is -0.480 e. The molecule has 1 aliphatic rings. The van der Waals surface area contributed by atoms with Crippen LogP contribution in [0.5, 0.6) is 0 Å². The molecule has 0 aliphatic carbocycles. The molecule has 1 aromatic heterocycles. The van der Waals surface area contributed by atoms with E-state index in [1.807, 2.05) is 0 Å². The molecule has 8 heteroatoms. The van der Waals surface area contributed by atoms with Crippen LogP contribution in [0.2, 0.25) is 0 Å². The summed E-state index contributed by atoms with van der Waals surface area (Å²) >= 11 is 1.30. The molecule has 2 atom stereocenters. The Bertz CT molecular complexity index is 531. The third-order valence-corrected chi connectivity index (χ3v) is 4.12. The number of aliphatic hydroxyl groups is 1. The van der Waals surface area contributed by atoms with Crippen molar-refractivity contribution < 1.29 is 24.6 Å². The molecule has 1 aromatic rings. The number of likely N-dealkylation sites (tertiary alicyclic amines) is 1. The van der Waals surface area contributed by atoms with Gasteiger partial charge in [-0.05, 0) is 11.4 Å². The molecule has 2 rings (SSSR count). The highest BCUT2D eigenvalue weighted by molar-refractivity contribution is 7.12. The summed E-state index contributed by atoms with van der Waals surface area (Å²) in [7, 11) is 0. The first kappa shape index (κ1) is 15.5. The molecule has 1 saturated heterocycles. The lowest BCUT2D eigenvalue weighted by atomic mass is 10.2. The molecule has 1 unspecified atom stereocenters. The van der Waals surface area contributed by atoms with Crippen LogP contribution in [0.25, 0.3) is 0 Å². The molecular formula is C13H16N2O5S. The summed E-state index contributed by atoms with van der Waals surface area (Å²) in [6.07, 6.45) is -0.758. The molecule has 7 nitrogen and oxygen atoms in total. The van der Waals surface area contributed by atoms with Gasteiger partial charge in [0.15, 0.2) is 0 Å². The number of aliphatic hydroxyl groups excluding tert-OH is 1. The number of carboxylic acids is 1. The fourth-order valence-electron chi connectivity index (χ4n) is 2.24. The molecule has 1 fully saturated rings. The maximum Gasteiger partial charge on any atom is 0.326 e. The smallest absolute Gasteiger partial charge is 0.326 e. The Morgan fingerprint density at radius 3 is 2.81 bits per heavy atom. The van der Waals surface area contributed by atoms with Crippen molar-refractivity contribution in [1.29, 1.82) is 0 Å². The van der Waals surface area contributed by atoms with E-state index in [2.05, 4.69) is 5.32 Å². The highest BCUT2D eigenvalue weighted by Crippen LogP contribution is 2.19. The number of nitrogens with one attached hydrogen (secondary N) is 1. The number of carbonyl (C=O) groups is 3. The van der Waals surface area contributed by atoms with E-state index in [1.165, 1.54) is 11.3 Å². The first-order valence-corrected chi connectivity index (χ1v) is 7.39. The van der Waals surface area contributed by atoms with Gasteiger partial charge in [0.2, 0.25) is 5.91 Å². The first-order valence-electron chi connectivity index (χ1n) is 6.51. The van der Waals surface area contributed by atoms with E-state index in [0.29, 0.717) is 4.88 Å². The lowest BCUT2D eigenvalue weighted by molar-refractivity contribution is -0.148. The molecule has 0 bridgehead atoms. The predicted molar refractivity (Wildman–Crippen MR) is 75.0 cm³/mol. The zero-order valence-electron chi connectivity index (χ0n) is 11.2. The van der Waals surface area contributed by atoms with Gasteiger partial charge >= 0.3 is 5.97 Å². The zero-order valence-corrected chi connectivity index (χ0v) is 12.0. The number of β-amino-alcohol motifs (C(OH)–C–C–N with tert-alkyl or cyclic N) is 1. The van der Waals surface area contributed by atoms with Crippen molar-refractivity contribution in [3.63, 3.8) is 0 Å². The number of hydrogen-bond acceptors (Lipinski definition) is 5. The molecule has 0 saturated carbocycles. The largest absolute Gasteiger partial charge is 0.480 e. The van der Waals surface area contributed by atoms with E-state index in [1.54, 1.807) is 17.5 Å². The number of carbonyl (C=O) groups excluding carboxylic acids is 2. The van der Waals surface area contributed by atoms with Crippen molar-refractivity contribution >= 4 is 29.1 Å². The highest BCUT2D eigenvalue weighted by atomic mass is 32.1. The Hall–Kier alpha value is -1.93. The van der Waals surface area contributed by atoms with Crippen LogP contribution in [0.1, 0.15) is 22.5 Å². The number of aliphatic carboxylic acids is 1. The number of carboxylic acid groups (broad SMARTS) is 1. The average molecular weight is 312 g/mol. The minimum absolute atomic E-state index is 0.00755. The predicted octanol–water partition coefficient (Wildman–Crippen LogP) is -0.0856. The van der Waals surface area contributed by atoms with Gasteiger partial charge in [-0.25, -0.2) is 4.79 Å². The summed E-state index contributed by atoms with van der Waals surface area (Å²) in [5.74, 6) is -1.76. The second kappa shape index (κ2) is 6.68. The van der Waals surface area contributed by atoms with Crippen molar-refractivity contribution in [2.24, 2.45) is 0 Å². The van der Waals surface area contributed by atoms with Gasteiger partial charge in [0.05, 0.1) is 11.0 Å². The van der Waals surface area contributed by atoms with Crippen molar-refractivity contribution in [3.05, 3.63) is 22.4 Å². The SMILES string of the molecule is O=C(NCCC(=O)N1CC(O)C[C@H]1C(=O)O)c1cccs1. The second-order valence-corrected chi connectivity index (χ2v) is 5.72. The second-order valence-electron chi connectivity index (χ2n) is 4.77. The fraction of sp³-hybridized carbons (Fsp3) is 0.462. The molecule has 2 heterocycles. The Kier molecular flexibility index (Phi) is 4.92. The molecule has 114 valence electrons. The first-order chi connectivity index (χ1) is 9.99. The fourth-order valence-corrected chi connectivity index (χ4v) is 2.89. The maximum atomic E-state index is 12.0. The Morgan fingerprint density at radius 2 is 2.19 bits per heavy atom. The summed E-state index contributed by atoms with van der Waals surface area (Å²) in [6.45, 7) is 0.156. The van der Waals surface area contributed by atoms with Gasteiger partial charge in [-0.15, -0.1) is 11.3 Å². The molecule has 1 aliphatic heterocycles. The molecule has 3 N–H and O–H groups in total. The summed E-state index contributed by atoms with van der Waals surface area (Å²) in [5.41, 5.74) is 0. The molecule has 0 radical (unpaired) electrons. The Morgan fingerprint density at radius 1 is 1.43 bits per heavy atom. The molecule has 2 amide bonds. The highest BCUT2D eigenvalue weighted by Gasteiger charge is 2.38. The molecule has 0 spiro atoms. The number of thiophene rings is 1. The van der Waals surface area contributed by atoms with Crippen LogP contribution in [0.3, 0.4) is 0 Å². The summed E-state index contributed by atoms with van der Waals surface area (Å²) < 4.78 is 0. The average Bonchev–Trinajstić information content (AvgIpc) is 3.07. The quantitative estimate of drug-likeness (QED) is 0.704. The third-order valence-electron chi connectivity index (χ3n) is 3.25. The van der Waals surface area contributed by atoms with Crippen molar-refractivity contribution in [1.82, 2.24) is 10.2 Å². The van der Waals surface area contributed by atoms with Gasteiger partial charge < -0.3 is 20.4 Å². The van der Waals surface area contributed by atoms with Gasteiger partial charge in [-0.2, -0.15) is 0 Å². The lowest BCUT2D eigenvalue weighted by Crippen LogP contribution is -2.41. The standard InChI is InChI=1S/C13H16N2O5S/c16-8-6-9(13(19)20)15(7-8)11(17)3-4-14-12(18)10-2-1-5-21-10/h1-2,5,8-9,16H,3-4,6-7H2,(H,14,18)(H,19,20)/t8?,9-/m0/s1. The summed E-state index contributed by atoms with van der Waals surface area (Å²) in [5, 5.41) is 22.9. The molecule has 0 aromatic carbocycles. The van der Waals surface area contributed by atoms with Gasteiger partial charge in [0.1, 0.15) is 6.04 Å². The van der Waals surface area contributed by atoms with Crippen LogP contribution in [-0.4, -0.2) is 58.1 Å². The van der Waals surface area contributed by atoms with Crippen LogP contribution in [0.15, 0.2) is 17.5 Å². The van der Waals surface area contributed by atoms with E-state index in [0.717, 1.165) is 4.90 Å². The number of rotatable bonds is 5. The summed E-state index contributed by atoms with van der Waals surface area (Å²) in [4.78, 5) is 36.4. The van der Waals surface area contributed by atoms with E-state index >= 15 is 0 Å². The monoisotopic (exact) mass is 312 g/mol. The topological polar surface area (TPSA) is 107 Å². The van der Waals surface area contributed by atoms with Gasteiger partial charge in [0.25, 0.3) is 5.91 Å². The zero-order chi connectivity index (χ0) is 15.4. The maximum absolute atomic E-state index is 12.0. The summed E-state index contributed by atoms with van der Waals surface area (Å²) in [6, 6.07) is 2.45. The van der Waals surface area contributed by atoms with E-state index in [9.17, 15) is 19.5 Å². The Labute approximate surface area is 125 Å². The van der Waals surface area contributed by atoms with E-state index < -0.39 is 18.1 Å². The van der Waals surface area contributed by atoms with E-state index in [-0.39, 0.29) is 37.7 Å².